The molecule has 3 nitrogen and oxygen atoms in total. The van der Waals surface area contributed by atoms with Crippen molar-refractivity contribution in [2.45, 2.75) is 0 Å². The van der Waals surface area contributed by atoms with Gasteiger partial charge in [-0.1, -0.05) is 11.6 Å². The molecule has 1 amide bonds. The van der Waals surface area contributed by atoms with E-state index >= 15 is 0 Å². The molecule has 0 bridgehead atoms. The van der Waals surface area contributed by atoms with Crippen LogP contribution in [0.15, 0.2) is 22.7 Å². The zero-order valence-corrected chi connectivity index (χ0v) is 9.60. The molecule has 0 aromatic heterocycles. The highest BCUT2D eigenvalue weighted by atomic mass is 79.9. The molecule has 76 valence electrons. The summed E-state index contributed by atoms with van der Waals surface area (Å²) < 4.78 is 0.748. The quantitative estimate of drug-likeness (QED) is 0.886. The van der Waals surface area contributed by atoms with Gasteiger partial charge in [0.15, 0.2) is 0 Å². The van der Waals surface area contributed by atoms with Crippen molar-refractivity contribution < 1.29 is 9.90 Å². The van der Waals surface area contributed by atoms with E-state index in [-0.39, 0.29) is 19.1 Å². The number of aliphatic hydroxyl groups excluding tert-OH is 1. The van der Waals surface area contributed by atoms with Crippen LogP contribution in [-0.4, -0.2) is 24.2 Å². The standard InChI is InChI=1S/C9H9BrClNO2/c10-7-2-1-6(5-8(7)11)9(14)12-3-4-13/h1-2,5,13H,3-4H2,(H,12,14). The number of carbonyl (C=O) groups is 1. The fraction of sp³-hybridized carbons (Fsp3) is 0.222. The molecule has 5 heteroatoms. The van der Waals surface area contributed by atoms with Gasteiger partial charge in [0.25, 0.3) is 5.91 Å². The Kier molecular flexibility index (Phi) is 4.38. The molecule has 0 heterocycles. The smallest absolute Gasteiger partial charge is 0.251 e. The number of aliphatic hydroxyl groups is 1. The van der Waals surface area contributed by atoms with Gasteiger partial charge in [0.05, 0.1) is 11.6 Å². The monoisotopic (exact) mass is 277 g/mol. The Balaban J connectivity index is 2.76. The molecular weight excluding hydrogens is 269 g/mol. The Morgan fingerprint density at radius 3 is 2.86 bits per heavy atom. The van der Waals surface area contributed by atoms with Crippen molar-refractivity contribution in [3.8, 4) is 0 Å². The predicted octanol–water partition coefficient (Wildman–Crippen LogP) is 1.82. The van der Waals surface area contributed by atoms with Gasteiger partial charge in [0.2, 0.25) is 0 Å². The Hall–Kier alpha value is -0.580. The van der Waals surface area contributed by atoms with E-state index in [2.05, 4.69) is 21.2 Å². The molecule has 2 N–H and O–H groups in total. The third-order valence-electron chi connectivity index (χ3n) is 1.58. The van der Waals surface area contributed by atoms with Gasteiger partial charge < -0.3 is 10.4 Å². The minimum atomic E-state index is -0.242. The summed E-state index contributed by atoms with van der Waals surface area (Å²) in [4.78, 5) is 11.4. The van der Waals surface area contributed by atoms with E-state index in [1.165, 1.54) is 0 Å². The number of hydrogen-bond donors (Lipinski definition) is 2. The van der Waals surface area contributed by atoms with E-state index < -0.39 is 0 Å². The first-order valence-corrected chi connectivity index (χ1v) is 5.16. The van der Waals surface area contributed by atoms with Crippen LogP contribution in [0.4, 0.5) is 0 Å². The van der Waals surface area contributed by atoms with Crippen molar-refractivity contribution in [1.82, 2.24) is 5.32 Å². The first-order chi connectivity index (χ1) is 6.65. The average Bonchev–Trinajstić information content (AvgIpc) is 2.18. The summed E-state index contributed by atoms with van der Waals surface area (Å²) >= 11 is 9.04. The van der Waals surface area contributed by atoms with E-state index in [1.54, 1.807) is 18.2 Å². The number of carbonyl (C=O) groups excluding carboxylic acids is 1. The molecule has 0 radical (unpaired) electrons. The number of hydrogen-bond acceptors (Lipinski definition) is 2. The highest BCUT2D eigenvalue weighted by molar-refractivity contribution is 9.10. The third-order valence-corrected chi connectivity index (χ3v) is 2.81. The van der Waals surface area contributed by atoms with E-state index in [9.17, 15) is 4.79 Å². The fourth-order valence-electron chi connectivity index (χ4n) is 0.909. The molecule has 14 heavy (non-hydrogen) atoms. The Bertz CT molecular complexity index is 344. The zero-order chi connectivity index (χ0) is 10.6. The maximum Gasteiger partial charge on any atom is 0.251 e. The molecule has 0 aliphatic carbocycles. The number of halogens is 2. The molecular formula is C9H9BrClNO2. The Morgan fingerprint density at radius 1 is 1.57 bits per heavy atom. The highest BCUT2D eigenvalue weighted by Crippen LogP contribution is 2.22. The summed E-state index contributed by atoms with van der Waals surface area (Å²) in [7, 11) is 0. The third kappa shape index (κ3) is 2.97. The van der Waals surface area contributed by atoms with Crippen LogP contribution in [0, 0.1) is 0 Å². The van der Waals surface area contributed by atoms with Crippen LogP contribution in [0.5, 0.6) is 0 Å². The van der Waals surface area contributed by atoms with Crippen molar-refractivity contribution >= 4 is 33.4 Å². The topological polar surface area (TPSA) is 49.3 Å². The van der Waals surface area contributed by atoms with Gasteiger partial charge in [-0.25, -0.2) is 0 Å². The largest absolute Gasteiger partial charge is 0.395 e. The minimum absolute atomic E-state index is 0.0734. The molecule has 0 saturated carbocycles. The molecule has 0 unspecified atom stereocenters. The fourth-order valence-corrected chi connectivity index (χ4v) is 1.34. The minimum Gasteiger partial charge on any atom is -0.395 e. The van der Waals surface area contributed by atoms with Crippen LogP contribution in [0.3, 0.4) is 0 Å². The second-order valence-electron chi connectivity index (χ2n) is 2.61. The normalized spacial score (nSPS) is 9.93. The van der Waals surface area contributed by atoms with Crippen molar-refractivity contribution in [2.75, 3.05) is 13.2 Å². The van der Waals surface area contributed by atoms with Crippen molar-refractivity contribution in [3.63, 3.8) is 0 Å². The highest BCUT2D eigenvalue weighted by Gasteiger charge is 2.06. The molecule has 0 aliphatic rings. The van der Waals surface area contributed by atoms with E-state index in [1.807, 2.05) is 0 Å². The van der Waals surface area contributed by atoms with Crippen LogP contribution in [0.1, 0.15) is 10.4 Å². The first-order valence-electron chi connectivity index (χ1n) is 3.99. The summed E-state index contributed by atoms with van der Waals surface area (Å²) in [6.07, 6.45) is 0. The summed E-state index contributed by atoms with van der Waals surface area (Å²) in [6, 6.07) is 4.93. The number of rotatable bonds is 3. The van der Waals surface area contributed by atoms with Crippen LogP contribution >= 0.6 is 27.5 Å². The average molecular weight is 279 g/mol. The number of nitrogens with one attached hydrogen (secondary N) is 1. The molecule has 0 fully saturated rings. The van der Waals surface area contributed by atoms with Crippen LogP contribution in [-0.2, 0) is 0 Å². The van der Waals surface area contributed by atoms with Crippen molar-refractivity contribution in [3.05, 3.63) is 33.3 Å². The summed E-state index contributed by atoms with van der Waals surface area (Å²) in [5.74, 6) is -0.242. The summed E-state index contributed by atoms with van der Waals surface area (Å²) in [5.41, 5.74) is 0.478. The maximum atomic E-state index is 11.4. The maximum absolute atomic E-state index is 11.4. The lowest BCUT2D eigenvalue weighted by Crippen LogP contribution is -2.26. The van der Waals surface area contributed by atoms with Crippen LogP contribution in [0.25, 0.3) is 0 Å². The van der Waals surface area contributed by atoms with Gasteiger partial charge in [-0.3, -0.25) is 4.79 Å². The lowest BCUT2D eigenvalue weighted by atomic mass is 10.2. The summed E-state index contributed by atoms with van der Waals surface area (Å²) in [5, 5.41) is 11.5. The molecule has 1 rings (SSSR count). The molecule has 1 aromatic rings. The predicted molar refractivity (Wildman–Crippen MR) is 58.6 cm³/mol. The van der Waals surface area contributed by atoms with Crippen LogP contribution in [0.2, 0.25) is 5.02 Å². The van der Waals surface area contributed by atoms with Gasteiger partial charge in [-0.15, -0.1) is 0 Å². The van der Waals surface area contributed by atoms with E-state index in [0.29, 0.717) is 10.6 Å². The molecule has 0 aliphatic heterocycles. The summed E-state index contributed by atoms with van der Waals surface area (Å²) in [6.45, 7) is 0.169. The molecule has 0 spiro atoms. The number of benzene rings is 1. The van der Waals surface area contributed by atoms with Gasteiger partial charge in [-0.2, -0.15) is 0 Å². The van der Waals surface area contributed by atoms with Crippen LogP contribution < -0.4 is 5.32 Å². The zero-order valence-electron chi connectivity index (χ0n) is 7.26. The van der Waals surface area contributed by atoms with E-state index in [4.69, 9.17) is 16.7 Å². The second-order valence-corrected chi connectivity index (χ2v) is 3.87. The van der Waals surface area contributed by atoms with E-state index in [0.717, 1.165) is 4.47 Å². The number of amides is 1. The molecule has 0 saturated heterocycles. The van der Waals surface area contributed by atoms with Gasteiger partial charge in [0.1, 0.15) is 0 Å². The van der Waals surface area contributed by atoms with Crippen molar-refractivity contribution in [1.29, 1.82) is 0 Å². The van der Waals surface area contributed by atoms with Gasteiger partial charge in [0, 0.05) is 16.6 Å². The van der Waals surface area contributed by atoms with Crippen molar-refractivity contribution in [2.24, 2.45) is 0 Å². The Morgan fingerprint density at radius 2 is 2.29 bits per heavy atom. The second kappa shape index (κ2) is 5.34. The van der Waals surface area contributed by atoms with Gasteiger partial charge >= 0.3 is 0 Å². The Labute approximate surface area is 95.2 Å². The SMILES string of the molecule is O=C(NCCO)c1ccc(Br)c(Cl)c1. The first kappa shape index (κ1) is 11.5. The lowest BCUT2D eigenvalue weighted by molar-refractivity contribution is 0.0945. The molecule has 0 atom stereocenters. The molecule has 1 aromatic carbocycles. The van der Waals surface area contributed by atoms with Gasteiger partial charge in [-0.05, 0) is 34.1 Å². The lowest BCUT2D eigenvalue weighted by Gasteiger charge is -2.04.